The molecule has 2 atom stereocenters. The molecule has 2 nitrogen and oxygen atoms in total. The molecular weight excluding hydrogens is 198 g/mol. The molecule has 0 saturated carbocycles. The predicted molar refractivity (Wildman–Crippen MR) is 64.7 cm³/mol. The maximum Gasteiger partial charge on any atom is 0.230 e. The Kier molecular flexibility index (Phi) is 2.06. The first-order chi connectivity index (χ1) is 7.70. The van der Waals surface area contributed by atoms with Crippen molar-refractivity contribution < 1.29 is 4.79 Å². The summed E-state index contributed by atoms with van der Waals surface area (Å²) >= 11 is 0. The van der Waals surface area contributed by atoms with E-state index in [0.29, 0.717) is 5.92 Å². The molecule has 0 spiro atoms. The molecule has 0 saturated heterocycles. The van der Waals surface area contributed by atoms with Gasteiger partial charge in [-0.1, -0.05) is 19.1 Å². The summed E-state index contributed by atoms with van der Waals surface area (Å²) < 4.78 is 0. The minimum absolute atomic E-state index is 0.152. The third kappa shape index (κ3) is 1.16. The van der Waals surface area contributed by atoms with Crippen LogP contribution in [0.1, 0.15) is 36.8 Å². The maximum atomic E-state index is 12.1. The molecule has 1 heterocycles. The summed E-state index contributed by atoms with van der Waals surface area (Å²) in [6.45, 7) is 2.08. The quantitative estimate of drug-likeness (QED) is 0.651. The van der Waals surface area contributed by atoms with Gasteiger partial charge < -0.3 is 4.90 Å². The summed E-state index contributed by atoms with van der Waals surface area (Å²) in [5.41, 5.74) is 4.05. The van der Waals surface area contributed by atoms with Gasteiger partial charge in [0.15, 0.2) is 0 Å². The fourth-order valence-corrected chi connectivity index (χ4v) is 3.29. The molecule has 1 aromatic rings. The Morgan fingerprint density at radius 3 is 3.00 bits per heavy atom. The molecule has 0 fully saturated rings. The van der Waals surface area contributed by atoms with Crippen molar-refractivity contribution in [2.24, 2.45) is 5.92 Å². The SMILES string of the molecule is CC1C(=O)N(C)c2cccc3c2C1CCC3. The second kappa shape index (κ2) is 3.34. The van der Waals surface area contributed by atoms with Crippen LogP contribution in [0.5, 0.6) is 0 Å². The molecule has 1 aliphatic carbocycles. The summed E-state index contributed by atoms with van der Waals surface area (Å²) in [6.07, 6.45) is 3.57. The number of hydrogen-bond donors (Lipinski definition) is 0. The summed E-state index contributed by atoms with van der Waals surface area (Å²) in [4.78, 5) is 14.0. The van der Waals surface area contributed by atoms with Gasteiger partial charge >= 0.3 is 0 Å². The number of nitrogens with zero attached hydrogens (tertiary/aromatic N) is 1. The first-order valence-corrected chi connectivity index (χ1v) is 6.09. The van der Waals surface area contributed by atoms with Crippen LogP contribution in [0.25, 0.3) is 0 Å². The summed E-state index contributed by atoms with van der Waals surface area (Å²) in [5.74, 6) is 0.888. The van der Waals surface area contributed by atoms with Crippen molar-refractivity contribution in [3.63, 3.8) is 0 Å². The molecule has 2 aliphatic rings. The number of amides is 1. The fourth-order valence-electron chi connectivity index (χ4n) is 3.29. The number of anilines is 1. The average Bonchev–Trinajstić information content (AvgIpc) is 2.33. The molecule has 1 aromatic carbocycles. The van der Waals surface area contributed by atoms with E-state index in [-0.39, 0.29) is 11.8 Å². The molecule has 0 bridgehead atoms. The summed E-state index contributed by atoms with van der Waals surface area (Å²) in [5, 5.41) is 0. The van der Waals surface area contributed by atoms with Gasteiger partial charge in [0, 0.05) is 18.7 Å². The van der Waals surface area contributed by atoms with Crippen molar-refractivity contribution in [2.45, 2.75) is 32.1 Å². The molecular formula is C14H17NO. The van der Waals surface area contributed by atoms with E-state index in [4.69, 9.17) is 0 Å². The van der Waals surface area contributed by atoms with Gasteiger partial charge in [-0.3, -0.25) is 4.79 Å². The Morgan fingerprint density at radius 1 is 1.38 bits per heavy atom. The molecule has 0 radical (unpaired) electrons. The van der Waals surface area contributed by atoms with Crippen molar-refractivity contribution in [1.82, 2.24) is 0 Å². The highest BCUT2D eigenvalue weighted by Gasteiger charge is 2.38. The van der Waals surface area contributed by atoms with Crippen LogP contribution in [0, 0.1) is 5.92 Å². The zero-order valence-corrected chi connectivity index (χ0v) is 9.86. The van der Waals surface area contributed by atoms with Gasteiger partial charge in [0.25, 0.3) is 0 Å². The zero-order valence-electron chi connectivity index (χ0n) is 9.86. The third-order valence-electron chi connectivity index (χ3n) is 4.19. The van der Waals surface area contributed by atoms with Gasteiger partial charge in [0.2, 0.25) is 5.91 Å². The standard InChI is InChI=1S/C14H17NO/c1-9-11-7-3-5-10-6-4-8-12(13(10)11)15(2)14(9)16/h4,6,8-9,11H,3,5,7H2,1-2H3. The summed E-state index contributed by atoms with van der Waals surface area (Å²) in [6, 6.07) is 6.39. The molecule has 0 N–H and O–H groups in total. The van der Waals surface area contributed by atoms with Crippen LogP contribution in [0.3, 0.4) is 0 Å². The molecule has 3 rings (SSSR count). The zero-order chi connectivity index (χ0) is 11.3. The van der Waals surface area contributed by atoms with E-state index < -0.39 is 0 Å². The van der Waals surface area contributed by atoms with E-state index in [1.807, 2.05) is 11.9 Å². The van der Waals surface area contributed by atoms with Gasteiger partial charge in [-0.05, 0) is 42.4 Å². The van der Waals surface area contributed by atoms with Gasteiger partial charge in [-0.25, -0.2) is 0 Å². The van der Waals surface area contributed by atoms with Crippen LogP contribution in [-0.2, 0) is 11.2 Å². The molecule has 1 aliphatic heterocycles. The van der Waals surface area contributed by atoms with E-state index in [0.717, 1.165) is 5.69 Å². The number of carbonyl (C=O) groups excluding carboxylic acids is 1. The van der Waals surface area contributed by atoms with Gasteiger partial charge in [-0.15, -0.1) is 0 Å². The Balaban J connectivity index is 2.24. The van der Waals surface area contributed by atoms with Crippen LogP contribution in [0.2, 0.25) is 0 Å². The normalized spacial score (nSPS) is 27.9. The minimum atomic E-state index is 0.152. The van der Waals surface area contributed by atoms with Crippen LogP contribution < -0.4 is 4.90 Å². The topological polar surface area (TPSA) is 20.3 Å². The number of rotatable bonds is 0. The van der Waals surface area contributed by atoms with Crippen molar-refractivity contribution in [3.05, 3.63) is 29.3 Å². The highest BCUT2D eigenvalue weighted by atomic mass is 16.2. The second-order valence-corrected chi connectivity index (χ2v) is 5.03. The van der Waals surface area contributed by atoms with E-state index in [2.05, 4.69) is 25.1 Å². The van der Waals surface area contributed by atoms with Crippen LogP contribution in [0.15, 0.2) is 18.2 Å². The smallest absolute Gasteiger partial charge is 0.230 e. The van der Waals surface area contributed by atoms with Crippen molar-refractivity contribution in [1.29, 1.82) is 0 Å². The molecule has 16 heavy (non-hydrogen) atoms. The highest BCUT2D eigenvalue weighted by Crippen LogP contribution is 2.45. The second-order valence-electron chi connectivity index (χ2n) is 5.03. The lowest BCUT2D eigenvalue weighted by molar-refractivity contribution is -0.122. The number of carbonyl (C=O) groups is 1. The molecule has 84 valence electrons. The molecule has 2 heteroatoms. The van der Waals surface area contributed by atoms with Crippen molar-refractivity contribution >= 4 is 11.6 Å². The number of aryl methyl sites for hydroxylation is 1. The maximum absolute atomic E-state index is 12.1. The van der Waals surface area contributed by atoms with Gasteiger partial charge in [0.1, 0.15) is 0 Å². The lowest BCUT2D eigenvalue weighted by Gasteiger charge is -2.40. The first-order valence-electron chi connectivity index (χ1n) is 6.09. The van der Waals surface area contributed by atoms with E-state index in [1.54, 1.807) is 0 Å². The monoisotopic (exact) mass is 215 g/mol. The third-order valence-corrected chi connectivity index (χ3v) is 4.19. The Morgan fingerprint density at radius 2 is 2.19 bits per heavy atom. The van der Waals surface area contributed by atoms with E-state index in [1.165, 1.54) is 30.4 Å². The van der Waals surface area contributed by atoms with Crippen molar-refractivity contribution in [2.75, 3.05) is 11.9 Å². The van der Waals surface area contributed by atoms with Crippen LogP contribution in [-0.4, -0.2) is 13.0 Å². The van der Waals surface area contributed by atoms with E-state index in [9.17, 15) is 4.79 Å². The van der Waals surface area contributed by atoms with Crippen LogP contribution >= 0.6 is 0 Å². The highest BCUT2D eigenvalue weighted by molar-refractivity contribution is 5.98. The Bertz CT molecular complexity index is 452. The average molecular weight is 215 g/mol. The molecule has 0 aromatic heterocycles. The fraction of sp³-hybridized carbons (Fsp3) is 0.500. The number of hydrogen-bond acceptors (Lipinski definition) is 1. The van der Waals surface area contributed by atoms with E-state index >= 15 is 0 Å². The number of benzene rings is 1. The largest absolute Gasteiger partial charge is 0.315 e. The first kappa shape index (κ1) is 9.88. The van der Waals surface area contributed by atoms with Crippen molar-refractivity contribution in [3.8, 4) is 0 Å². The lowest BCUT2D eigenvalue weighted by Crippen LogP contribution is -2.41. The van der Waals surface area contributed by atoms with Crippen LogP contribution in [0.4, 0.5) is 5.69 Å². The molecule has 1 amide bonds. The molecule has 2 unspecified atom stereocenters. The predicted octanol–water partition coefficient (Wildman–Crippen LogP) is 2.72. The Labute approximate surface area is 96.3 Å². The minimum Gasteiger partial charge on any atom is -0.315 e. The Hall–Kier alpha value is -1.31. The van der Waals surface area contributed by atoms with Gasteiger partial charge in [-0.2, -0.15) is 0 Å². The van der Waals surface area contributed by atoms with Gasteiger partial charge in [0.05, 0.1) is 0 Å². The lowest BCUT2D eigenvalue weighted by atomic mass is 9.73. The summed E-state index contributed by atoms with van der Waals surface area (Å²) in [7, 11) is 1.90.